The van der Waals surface area contributed by atoms with Gasteiger partial charge in [0.05, 0.1) is 16.6 Å². The Morgan fingerprint density at radius 2 is 2.03 bits per heavy atom. The van der Waals surface area contributed by atoms with E-state index in [0.29, 0.717) is 28.6 Å². The van der Waals surface area contributed by atoms with Gasteiger partial charge in [-0.25, -0.2) is 9.97 Å². The number of benzene rings is 1. The first-order valence-electron chi connectivity index (χ1n) is 9.64. The third kappa shape index (κ3) is 3.16. The molecule has 0 bridgehead atoms. The van der Waals surface area contributed by atoms with Crippen molar-refractivity contribution in [3.05, 3.63) is 53.1 Å². The molecule has 8 heteroatoms. The zero-order valence-corrected chi connectivity index (χ0v) is 16.5. The number of carbonyl (C=O) groups is 1. The summed E-state index contributed by atoms with van der Waals surface area (Å²) in [5.41, 5.74) is 4.37. The summed E-state index contributed by atoms with van der Waals surface area (Å²) in [6.45, 7) is 3.76. The second kappa shape index (κ2) is 6.51. The molecule has 0 saturated heterocycles. The average molecular weight is 387 g/mol. The van der Waals surface area contributed by atoms with E-state index in [9.17, 15) is 4.79 Å². The van der Waals surface area contributed by atoms with E-state index in [2.05, 4.69) is 30.6 Å². The number of fused-ring (bicyclic) bond motifs is 1. The molecule has 3 heterocycles. The molecular formula is C21H21N7O. The van der Waals surface area contributed by atoms with Crippen LogP contribution >= 0.6 is 0 Å². The van der Waals surface area contributed by atoms with Gasteiger partial charge in [-0.05, 0) is 44.9 Å². The van der Waals surface area contributed by atoms with Crippen LogP contribution in [0, 0.1) is 13.8 Å². The molecule has 8 nitrogen and oxygen atoms in total. The lowest BCUT2D eigenvalue weighted by molar-refractivity contribution is 0.102. The van der Waals surface area contributed by atoms with Crippen LogP contribution < -0.4 is 5.32 Å². The molecule has 0 spiro atoms. The van der Waals surface area contributed by atoms with E-state index in [1.165, 1.54) is 0 Å². The van der Waals surface area contributed by atoms with Crippen LogP contribution in [0.25, 0.3) is 22.4 Å². The molecule has 29 heavy (non-hydrogen) atoms. The van der Waals surface area contributed by atoms with Gasteiger partial charge < -0.3 is 5.32 Å². The van der Waals surface area contributed by atoms with Gasteiger partial charge >= 0.3 is 0 Å². The number of H-pyrrole nitrogens is 1. The van der Waals surface area contributed by atoms with Crippen LogP contribution in [-0.2, 0) is 7.05 Å². The van der Waals surface area contributed by atoms with Crippen LogP contribution in [0.5, 0.6) is 0 Å². The van der Waals surface area contributed by atoms with Gasteiger partial charge in [0.15, 0.2) is 11.5 Å². The van der Waals surface area contributed by atoms with E-state index in [0.717, 1.165) is 41.0 Å². The summed E-state index contributed by atoms with van der Waals surface area (Å²) in [6, 6.07) is 9.38. The van der Waals surface area contributed by atoms with E-state index in [1.54, 1.807) is 10.7 Å². The molecule has 1 saturated carbocycles. The second-order valence-electron chi connectivity index (χ2n) is 7.57. The summed E-state index contributed by atoms with van der Waals surface area (Å²) in [5, 5.41) is 15.5. The molecule has 1 aliphatic carbocycles. The van der Waals surface area contributed by atoms with E-state index in [-0.39, 0.29) is 5.91 Å². The summed E-state index contributed by atoms with van der Waals surface area (Å²) in [6.07, 6.45) is 2.33. The Balaban J connectivity index is 1.46. The van der Waals surface area contributed by atoms with Crippen LogP contribution in [-0.4, -0.2) is 35.9 Å². The number of hydrogen-bond donors (Lipinski definition) is 2. The van der Waals surface area contributed by atoms with Crippen LogP contribution in [0.2, 0.25) is 0 Å². The standard InChI is InChI=1S/C21H21N7O/c1-11-9-16(17-12(2)27-28(3)20(17)22-11)21(29)23-15-6-4-5-14(10-15)19-24-18(25-26-19)13-7-8-13/h4-6,9-10,13H,7-8H2,1-3H3,(H,23,29)(H,24,25,26). The van der Waals surface area contributed by atoms with Crippen molar-refractivity contribution in [2.24, 2.45) is 7.05 Å². The van der Waals surface area contributed by atoms with Gasteiger partial charge in [-0.3, -0.25) is 14.6 Å². The maximum Gasteiger partial charge on any atom is 0.256 e. The predicted octanol–water partition coefficient (Wildman–Crippen LogP) is 3.50. The fourth-order valence-electron chi connectivity index (χ4n) is 3.63. The second-order valence-corrected chi connectivity index (χ2v) is 7.57. The Hall–Kier alpha value is -3.55. The lowest BCUT2D eigenvalue weighted by atomic mass is 10.1. The minimum atomic E-state index is -0.192. The number of rotatable bonds is 4. The minimum absolute atomic E-state index is 0.192. The highest BCUT2D eigenvalue weighted by Crippen LogP contribution is 2.38. The zero-order valence-electron chi connectivity index (χ0n) is 16.5. The van der Waals surface area contributed by atoms with E-state index < -0.39 is 0 Å². The lowest BCUT2D eigenvalue weighted by Gasteiger charge is -2.08. The first-order chi connectivity index (χ1) is 14.0. The first kappa shape index (κ1) is 17.5. The van der Waals surface area contributed by atoms with Crippen molar-refractivity contribution in [3.8, 4) is 11.4 Å². The summed E-state index contributed by atoms with van der Waals surface area (Å²) >= 11 is 0. The average Bonchev–Trinajstić information content (AvgIpc) is 3.36. The van der Waals surface area contributed by atoms with Gasteiger partial charge in [-0.1, -0.05) is 12.1 Å². The van der Waals surface area contributed by atoms with Gasteiger partial charge in [0.1, 0.15) is 5.82 Å². The predicted molar refractivity (Wildman–Crippen MR) is 110 cm³/mol. The number of nitrogens with one attached hydrogen (secondary N) is 2. The number of pyridine rings is 1. The van der Waals surface area contributed by atoms with Crippen molar-refractivity contribution in [2.45, 2.75) is 32.6 Å². The van der Waals surface area contributed by atoms with Crippen molar-refractivity contribution < 1.29 is 4.79 Å². The Labute approximate surface area is 167 Å². The van der Waals surface area contributed by atoms with Crippen LogP contribution in [0.3, 0.4) is 0 Å². The minimum Gasteiger partial charge on any atom is -0.322 e. The zero-order chi connectivity index (χ0) is 20.1. The highest BCUT2D eigenvalue weighted by molar-refractivity contribution is 6.12. The number of amides is 1. The summed E-state index contributed by atoms with van der Waals surface area (Å²) < 4.78 is 1.70. The fourth-order valence-corrected chi connectivity index (χ4v) is 3.63. The quantitative estimate of drug-likeness (QED) is 0.558. The monoisotopic (exact) mass is 387 g/mol. The third-order valence-electron chi connectivity index (χ3n) is 5.19. The molecule has 146 valence electrons. The summed E-state index contributed by atoms with van der Waals surface area (Å²) in [4.78, 5) is 22.2. The van der Waals surface area contributed by atoms with Crippen LogP contribution in [0.15, 0.2) is 30.3 Å². The van der Waals surface area contributed by atoms with Crippen molar-refractivity contribution in [1.82, 2.24) is 29.9 Å². The molecule has 0 aliphatic heterocycles. The highest BCUT2D eigenvalue weighted by atomic mass is 16.1. The van der Waals surface area contributed by atoms with Crippen molar-refractivity contribution in [3.63, 3.8) is 0 Å². The van der Waals surface area contributed by atoms with E-state index in [4.69, 9.17) is 0 Å². The molecule has 0 atom stereocenters. The molecule has 1 aromatic carbocycles. The molecule has 1 amide bonds. The molecule has 2 N–H and O–H groups in total. The third-order valence-corrected chi connectivity index (χ3v) is 5.19. The van der Waals surface area contributed by atoms with Crippen LogP contribution in [0.4, 0.5) is 5.69 Å². The maximum absolute atomic E-state index is 13.1. The number of hydrogen-bond acceptors (Lipinski definition) is 5. The van der Waals surface area contributed by atoms with Gasteiger partial charge in [-0.15, -0.1) is 0 Å². The maximum atomic E-state index is 13.1. The molecule has 0 radical (unpaired) electrons. The Morgan fingerprint density at radius 1 is 1.21 bits per heavy atom. The van der Waals surface area contributed by atoms with Gasteiger partial charge in [0.2, 0.25) is 0 Å². The topological polar surface area (TPSA) is 101 Å². The van der Waals surface area contributed by atoms with Crippen molar-refractivity contribution in [2.75, 3.05) is 5.32 Å². The SMILES string of the molecule is Cc1cc(C(=O)Nc2cccc(-c3n[nH]c(C4CC4)n3)c2)c2c(C)nn(C)c2n1. The normalized spacial score (nSPS) is 13.8. The molecule has 3 aromatic heterocycles. The van der Waals surface area contributed by atoms with Crippen molar-refractivity contribution in [1.29, 1.82) is 0 Å². The summed E-state index contributed by atoms with van der Waals surface area (Å²) in [5.74, 6) is 1.91. The van der Waals surface area contributed by atoms with E-state index >= 15 is 0 Å². The first-order valence-corrected chi connectivity index (χ1v) is 9.64. The molecular weight excluding hydrogens is 366 g/mol. The number of anilines is 1. The Morgan fingerprint density at radius 3 is 2.83 bits per heavy atom. The molecule has 4 aromatic rings. The lowest BCUT2D eigenvalue weighted by Crippen LogP contribution is -2.13. The Bertz CT molecular complexity index is 1250. The highest BCUT2D eigenvalue weighted by Gasteiger charge is 2.27. The van der Waals surface area contributed by atoms with Crippen molar-refractivity contribution >= 4 is 22.6 Å². The smallest absolute Gasteiger partial charge is 0.256 e. The number of aryl methyl sites for hydroxylation is 3. The van der Waals surface area contributed by atoms with Gasteiger partial charge in [0, 0.05) is 29.9 Å². The van der Waals surface area contributed by atoms with Crippen LogP contribution in [0.1, 0.15) is 46.3 Å². The molecule has 0 unspecified atom stereocenters. The molecule has 1 fully saturated rings. The number of aromatic amines is 1. The van der Waals surface area contributed by atoms with Gasteiger partial charge in [0.25, 0.3) is 5.91 Å². The number of aromatic nitrogens is 6. The fraction of sp³-hybridized carbons (Fsp3) is 0.286. The molecule has 1 aliphatic rings. The van der Waals surface area contributed by atoms with E-state index in [1.807, 2.05) is 45.2 Å². The summed E-state index contributed by atoms with van der Waals surface area (Å²) in [7, 11) is 1.83. The van der Waals surface area contributed by atoms with Gasteiger partial charge in [-0.2, -0.15) is 10.2 Å². The largest absolute Gasteiger partial charge is 0.322 e. The number of carbonyl (C=O) groups excluding carboxylic acids is 1. The molecule has 5 rings (SSSR count). The Kier molecular flexibility index (Phi) is 3.94. The number of nitrogens with zero attached hydrogens (tertiary/aromatic N) is 5.